The molecule has 0 aromatic heterocycles. The minimum absolute atomic E-state index is 0.102. The average molecular weight is 266 g/mol. The summed E-state index contributed by atoms with van der Waals surface area (Å²) in [5.74, 6) is 0.343. The first kappa shape index (κ1) is 15.4. The maximum Gasteiger partial charge on any atom is 0.292 e. The molecule has 1 unspecified atom stereocenters. The molecule has 0 aliphatic heterocycles. The summed E-state index contributed by atoms with van der Waals surface area (Å²) in [5, 5.41) is 23.1. The molecular weight excluding hydrogens is 244 g/mol. The molecule has 0 fully saturated rings. The van der Waals surface area contributed by atoms with Gasteiger partial charge in [0.15, 0.2) is 0 Å². The molecule has 0 saturated heterocycles. The van der Waals surface area contributed by atoms with E-state index in [0.29, 0.717) is 18.2 Å². The van der Waals surface area contributed by atoms with Gasteiger partial charge < -0.3 is 10.4 Å². The van der Waals surface area contributed by atoms with E-state index in [1.54, 1.807) is 12.1 Å². The van der Waals surface area contributed by atoms with E-state index in [4.69, 9.17) is 5.11 Å². The lowest BCUT2D eigenvalue weighted by Gasteiger charge is -2.16. The van der Waals surface area contributed by atoms with Crippen LogP contribution >= 0.6 is 0 Å². The molecule has 2 N–H and O–H groups in total. The van der Waals surface area contributed by atoms with E-state index in [-0.39, 0.29) is 17.2 Å². The first-order valence-corrected chi connectivity index (χ1v) is 6.68. The van der Waals surface area contributed by atoms with Crippen LogP contribution in [0.25, 0.3) is 0 Å². The van der Waals surface area contributed by atoms with Crippen molar-refractivity contribution in [1.29, 1.82) is 0 Å². The number of hydrogen-bond donors (Lipinski definition) is 2. The van der Waals surface area contributed by atoms with Gasteiger partial charge in [-0.1, -0.05) is 19.4 Å². The van der Waals surface area contributed by atoms with Crippen LogP contribution < -0.4 is 5.32 Å². The third-order valence-corrected chi connectivity index (χ3v) is 3.16. The van der Waals surface area contributed by atoms with Crippen molar-refractivity contribution in [1.82, 2.24) is 0 Å². The van der Waals surface area contributed by atoms with Crippen molar-refractivity contribution >= 4 is 11.4 Å². The van der Waals surface area contributed by atoms with E-state index in [2.05, 4.69) is 12.2 Å². The Balaban J connectivity index is 2.74. The summed E-state index contributed by atoms with van der Waals surface area (Å²) in [7, 11) is 0. The lowest BCUT2D eigenvalue weighted by atomic mass is 10.00. The summed E-state index contributed by atoms with van der Waals surface area (Å²) in [4.78, 5) is 10.6. The molecule has 1 aromatic carbocycles. The Hall–Kier alpha value is -1.62. The van der Waals surface area contributed by atoms with Crippen LogP contribution in [0.15, 0.2) is 18.2 Å². The van der Waals surface area contributed by atoms with Crippen molar-refractivity contribution < 1.29 is 10.0 Å². The monoisotopic (exact) mass is 266 g/mol. The minimum atomic E-state index is -0.372. The number of aryl methyl sites for hydroxylation is 1. The lowest BCUT2D eigenvalue weighted by Crippen LogP contribution is -2.16. The molecule has 0 aliphatic carbocycles. The van der Waals surface area contributed by atoms with Crippen LogP contribution in [-0.4, -0.2) is 23.2 Å². The lowest BCUT2D eigenvalue weighted by molar-refractivity contribution is -0.384. The highest BCUT2D eigenvalue weighted by Crippen LogP contribution is 2.26. The Bertz CT molecular complexity index is 415. The summed E-state index contributed by atoms with van der Waals surface area (Å²) >= 11 is 0. The van der Waals surface area contributed by atoms with Gasteiger partial charge in [-0.15, -0.1) is 0 Å². The van der Waals surface area contributed by atoms with Crippen LogP contribution in [-0.2, 0) is 0 Å². The SMILES string of the molecule is CCCC(CCO)CNc1cc(C)ccc1[N+](=O)[O-]. The summed E-state index contributed by atoms with van der Waals surface area (Å²) in [6.07, 6.45) is 2.77. The van der Waals surface area contributed by atoms with Crippen LogP contribution in [0.5, 0.6) is 0 Å². The molecule has 5 nitrogen and oxygen atoms in total. The van der Waals surface area contributed by atoms with Gasteiger partial charge >= 0.3 is 0 Å². The van der Waals surface area contributed by atoms with Gasteiger partial charge in [0.2, 0.25) is 0 Å². The zero-order valence-corrected chi connectivity index (χ0v) is 11.6. The van der Waals surface area contributed by atoms with E-state index in [1.807, 2.05) is 6.92 Å². The van der Waals surface area contributed by atoms with Crippen molar-refractivity contribution in [3.05, 3.63) is 33.9 Å². The van der Waals surface area contributed by atoms with Crippen molar-refractivity contribution in [2.75, 3.05) is 18.5 Å². The van der Waals surface area contributed by atoms with Crippen LogP contribution in [0.1, 0.15) is 31.7 Å². The summed E-state index contributed by atoms with van der Waals surface area (Å²) in [5.41, 5.74) is 1.65. The molecule has 19 heavy (non-hydrogen) atoms. The first-order valence-electron chi connectivity index (χ1n) is 6.68. The quantitative estimate of drug-likeness (QED) is 0.560. The fourth-order valence-corrected chi connectivity index (χ4v) is 2.14. The highest BCUT2D eigenvalue weighted by atomic mass is 16.6. The van der Waals surface area contributed by atoms with Gasteiger partial charge in [-0.25, -0.2) is 0 Å². The molecule has 1 aromatic rings. The Labute approximate surface area is 113 Å². The maximum absolute atomic E-state index is 11.0. The molecule has 1 atom stereocenters. The van der Waals surface area contributed by atoms with E-state index in [0.717, 1.165) is 24.8 Å². The number of aliphatic hydroxyl groups is 1. The number of nitrogens with zero attached hydrogens (tertiary/aromatic N) is 1. The van der Waals surface area contributed by atoms with E-state index in [1.165, 1.54) is 6.07 Å². The van der Waals surface area contributed by atoms with Crippen LogP contribution in [0, 0.1) is 23.0 Å². The van der Waals surface area contributed by atoms with Gasteiger partial charge in [-0.2, -0.15) is 0 Å². The molecular formula is C14H22N2O3. The summed E-state index contributed by atoms with van der Waals surface area (Å²) in [6.45, 7) is 4.81. The molecule has 0 bridgehead atoms. The number of nitro groups is 1. The van der Waals surface area contributed by atoms with Gasteiger partial charge in [-0.05, 0) is 37.3 Å². The van der Waals surface area contributed by atoms with Crippen LogP contribution in [0.3, 0.4) is 0 Å². The van der Waals surface area contributed by atoms with Gasteiger partial charge in [0, 0.05) is 19.2 Å². The fourth-order valence-electron chi connectivity index (χ4n) is 2.14. The molecule has 5 heteroatoms. The Morgan fingerprint density at radius 2 is 2.16 bits per heavy atom. The summed E-state index contributed by atoms with van der Waals surface area (Å²) < 4.78 is 0. The topological polar surface area (TPSA) is 75.4 Å². The minimum Gasteiger partial charge on any atom is -0.396 e. The van der Waals surface area contributed by atoms with Gasteiger partial charge in [0.1, 0.15) is 5.69 Å². The molecule has 0 aliphatic rings. The Morgan fingerprint density at radius 1 is 1.42 bits per heavy atom. The van der Waals surface area contributed by atoms with Gasteiger partial charge in [0.25, 0.3) is 5.69 Å². The Kier molecular flexibility index (Phi) is 6.29. The number of nitrogens with one attached hydrogen (secondary N) is 1. The second kappa shape index (κ2) is 7.74. The normalized spacial score (nSPS) is 12.2. The zero-order valence-electron chi connectivity index (χ0n) is 11.6. The second-order valence-electron chi connectivity index (χ2n) is 4.83. The fraction of sp³-hybridized carbons (Fsp3) is 0.571. The molecule has 0 radical (unpaired) electrons. The number of benzene rings is 1. The van der Waals surface area contributed by atoms with Crippen molar-refractivity contribution in [3.8, 4) is 0 Å². The van der Waals surface area contributed by atoms with Gasteiger partial charge in [-0.3, -0.25) is 10.1 Å². The molecule has 0 spiro atoms. The van der Waals surface area contributed by atoms with Crippen molar-refractivity contribution in [3.63, 3.8) is 0 Å². The standard InChI is InChI=1S/C14H22N2O3/c1-3-4-12(7-8-17)10-15-13-9-11(2)5-6-14(13)16(18)19/h5-6,9,12,15,17H,3-4,7-8,10H2,1-2H3. The number of aliphatic hydroxyl groups excluding tert-OH is 1. The number of nitro benzene ring substituents is 1. The van der Waals surface area contributed by atoms with Crippen molar-refractivity contribution in [2.24, 2.45) is 5.92 Å². The predicted molar refractivity (Wildman–Crippen MR) is 76.4 cm³/mol. The highest BCUT2D eigenvalue weighted by molar-refractivity contribution is 5.62. The number of hydrogen-bond acceptors (Lipinski definition) is 4. The molecule has 0 saturated carbocycles. The average Bonchev–Trinajstić information content (AvgIpc) is 2.36. The summed E-state index contributed by atoms with van der Waals surface area (Å²) in [6, 6.07) is 5.05. The molecule has 0 heterocycles. The molecule has 0 amide bonds. The zero-order chi connectivity index (χ0) is 14.3. The molecule has 106 valence electrons. The van der Waals surface area contributed by atoms with Crippen LogP contribution in [0.4, 0.5) is 11.4 Å². The maximum atomic E-state index is 11.0. The van der Waals surface area contributed by atoms with Gasteiger partial charge in [0.05, 0.1) is 4.92 Å². The van der Waals surface area contributed by atoms with Crippen LogP contribution in [0.2, 0.25) is 0 Å². The molecule has 1 rings (SSSR count). The predicted octanol–water partition coefficient (Wildman–Crippen LogP) is 3.11. The second-order valence-corrected chi connectivity index (χ2v) is 4.83. The highest BCUT2D eigenvalue weighted by Gasteiger charge is 2.15. The number of rotatable bonds is 8. The smallest absolute Gasteiger partial charge is 0.292 e. The number of anilines is 1. The third-order valence-electron chi connectivity index (χ3n) is 3.16. The first-order chi connectivity index (χ1) is 9.08. The largest absolute Gasteiger partial charge is 0.396 e. The van der Waals surface area contributed by atoms with E-state index >= 15 is 0 Å². The van der Waals surface area contributed by atoms with E-state index in [9.17, 15) is 10.1 Å². The third kappa shape index (κ3) is 4.87. The van der Waals surface area contributed by atoms with E-state index < -0.39 is 0 Å². The Morgan fingerprint density at radius 3 is 2.74 bits per heavy atom. The van der Waals surface area contributed by atoms with Crippen molar-refractivity contribution in [2.45, 2.75) is 33.1 Å².